The van der Waals surface area contributed by atoms with Crippen molar-refractivity contribution in [2.75, 3.05) is 13.1 Å². The molecule has 0 aromatic carbocycles. The number of aromatic nitrogens is 1. The molecule has 1 aromatic heterocycles. The standard InChI is InChI=1S/C17H25FN4O4.CO2/c1-2-6-13(16(24)25)22-17(26)20-10-5-3-4-9-19-15(23)12-7-8-14(18)21-11-12;2-1-3/h7-8,11,13H,2-6,9-10H2,1H3,(H,19,23)(H,24,25)(H2,20,22,26);/i18-1;. The van der Waals surface area contributed by atoms with Gasteiger partial charge in [0.2, 0.25) is 5.95 Å². The largest absolute Gasteiger partial charge is 0.480 e. The highest BCUT2D eigenvalue weighted by atomic mass is 18.2. The molecule has 4 N–H and O–H groups in total. The maximum atomic E-state index is 12.7. The fraction of sp³-hybridized carbons (Fsp3) is 0.500. The van der Waals surface area contributed by atoms with Crippen molar-refractivity contribution in [1.29, 1.82) is 0 Å². The average molecular weight is 411 g/mol. The zero-order chi connectivity index (χ0) is 22.1. The first-order chi connectivity index (χ1) is 13.8. The van der Waals surface area contributed by atoms with Gasteiger partial charge in [0, 0.05) is 19.3 Å². The number of aliphatic carboxylic acids is 1. The van der Waals surface area contributed by atoms with E-state index >= 15 is 0 Å². The second-order valence-corrected chi connectivity index (χ2v) is 5.85. The van der Waals surface area contributed by atoms with Crippen molar-refractivity contribution in [1.82, 2.24) is 20.9 Å². The highest BCUT2D eigenvalue weighted by Crippen LogP contribution is 2.00. The number of halogens is 1. The van der Waals surface area contributed by atoms with Crippen LogP contribution in [0.2, 0.25) is 0 Å². The van der Waals surface area contributed by atoms with Gasteiger partial charge < -0.3 is 21.1 Å². The minimum absolute atomic E-state index is 0.250. The van der Waals surface area contributed by atoms with Crippen LogP contribution in [0.3, 0.4) is 0 Å². The second kappa shape index (κ2) is 15.7. The van der Waals surface area contributed by atoms with Crippen LogP contribution in [-0.4, -0.2) is 53.3 Å². The van der Waals surface area contributed by atoms with Crippen molar-refractivity contribution in [3.63, 3.8) is 0 Å². The number of rotatable bonds is 11. The Labute approximate surface area is 167 Å². The van der Waals surface area contributed by atoms with Crippen LogP contribution in [0.1, 0.15) is 49.4 Å². The lowest BCUT2D eigenvalue weighted by Gasteiger charge is -2.14. The molecule has 1 rings (SSSR count). The molecule has 10 nitrogen and oxygen atoms in total. The molecular weight excluding hydrogens is 386 g/mol. The smallest absolute Gasteiger partial charge is 0.373 e. The predicted molar refractivity (Wildman–Crippen MR) is 98.3 cm³/mol. The summed E-state index contributed by atoms with van der Waals surface area (Å²) >= 11 is 0. The number of pyridine rings is 1. The monoisotopic (exact) mass is 411 g/mol. The van der Waals surface area contributed by atoms with Crippen molar-refractivity contribution in [3.05, 3.63) is 29.8 Å². The molecule has 0 fully saturated rings. The van der Waals surface area contributed by atoms with Gasteiger partial charge in [0.25, 0.3) is 5.91 Å². The third-order valence-electron chi connectivity index (χ3n) is 3.60. The van der Waals surface area contributed by atoms with Crippen molar-refractivity contribution in [2.45, 2.75) is 45.1 Å². The molecular formula is C18H25FN4O6. The molecule has 0 spiro atoms. The molecule has 0 saturated carbocycles. The number of carboxylic acids is 1. The van der Waals surface area contributed by atoms with Crippen LogP contribution < -0.4 is 16.0 Å². The van der Waals surface area contributed by atoms with Crippen LogP contribution in [0, 0.1) is 5.95 Å². The second-order valence-electron chi connectivity index (χ2n) is 5.85. The van der Waals surface area contributed by atoms with E-state index in [9.17, 15) is 18.8 Å². The molecule has 1 heterocycles. The zero-order valence-corrected chi connectivity index (χ0v) is 16.1. The van der Waals surface area contributed by atoms with Gasteiger partial charge in [0.05, 0.1) is 5.56 Å². The van der Waals surface area contributed by atoms with Gasteiger partial charge in [-0.1, -0.05) is 13.3 Å². The first kappa shape index (κ1) is 25.7. The number of carboxylic acid groups (broad SMARTS) is 1. The molecule has 0 bridgehead atoms. The summed E-state index contributed by atoms with van der Waals surface area (Å²) in [6.07, 6.45) is 4.67. The SMILES string of the molecule is CCCC(NC(=O)NCCCCCNC(=O)c1ccc([18F])nc1)C(=O)O.O=C=O. The first-order valence-corrected chi connectivity index (χ1v) is 9.01. The Bertz CT molecular complexity index is 677. The fourth-order valence-corrected chi connectivity index (χ4v) is 2.20. The average Bonchev–Trinajstić information content (AvgIpc) is 2.67. The maximum absolute atomic E-state index is 12.7. The molecule has 1 atom stereocenters. The van der Waals surface area contributed by atoms with E-state index in [0.29, 0.717) is 37.9 Å². The molecule has 0 aliphatic rings. The summed E-state index contributed by atoms with van der Waals surface area (Å²) in [6, 6.07) is 1.11. The minimum atomic E-state index is -1.05. The molecule has 1 unspecified atom stereocenters. The van der Waals surface area contributed by atoms with Crippen LogP contribution in [-0.2, 0) is 14.4 Å². The van der Waals surface area contributed by atoms with Gasteiger partial charge in [0.1, 0.15) is 6.04 Å². The summed E-state index contributed by atoms with van der Waals surface area (Å²) in [5.41, 5.74) is 0.296. The van der Waals surface area contributed by atoms with Gasteiger partial charge in [0.15, 0.2) is 0 Å². The summed E-state index contributed by atoms with van der Waals surface area (Å²) < 4.78 is 12.7. The van der Waals surface area contributed by atoms with Crippen molar-refractivity contribution >= 4 is 24.1 Å². The van der Waals surface area contributed by atoms with Gasteiger partial charge in [-0.25, -0.2) is 14.6 Å². The number of hydrogen-bond acceptors (Lipinski definition) is 6. The van der Waals surface area contributed by atoms with Gasteiger partial charge in [-0.15, -0.1) is 0 Å². The van der Waals surface area contributed by atoms with Crippen LogP contribution in [0.25, 0.3) is 0 Å². The Hall–Kier alpha value is -3.33. The maximum Gasteiger partial charge on any atom is 0.373 e. The van der Waals surface area contributed by atoms with Gasteiger partial charge >= 0.3 is 18.2 Å². The van der Waals surface area contributed by atoms with E-state index in [2.05, 4.69) is 20.9 Å². The van der Waals surface area contributed by atoms with E-state index in [4.69, 9.17) is 14.7 Å². The van der Waals surface area contributed by atoms with Crippen LogP contribution in [0.15, 0.2) is 18.3 Å². The van der Waals surface area contributed by atoms with E-state index in [1.54, 1.807) is 0 Å². The highest BCUT2D eigenvalue weighted by molar-refractivity contribution is 5.93. The molecule has 0 aliphatic heterocycles. The van der Waals surface area contributed by atoms with E-state index in [1.165, 1.54) is 12.3 Å². The molecule has 1 aromatic rings. The Morgan fingerprint density at radius 2 is 1.76 bits per heavy atom. The summed E-state index contributed by atoms with van der Waals surface area (Å²) in [6.45, 7) is 2.72. The number of nitrogens with one attached hydrogen (secondary N) is 3. The van der Waals surface area contributed by atoms with E-state index in [-0.39, 0.29) is 12.1 Å². The minimum Gasteiger partial charge on any atom is -0.480 e. The number of nitrogens with zero attached hydrogens (tertiary/aromatic N) is 1. The van der Waals surface area contributed by atoms with Gasteiger partial charge in [-0.2, -0.15) is 14.0 Å². The van der Waals surface area contributed by atoms with Crippen LogP contribution >= 0.6 is 0 Å². The van der Waals surface area contributed by atoms with Crippen LogP contribution in [0.5, 0.6) is 0 Å². The topological polar surface area (TPSA) is 155 Å². The summed E-state index contributed by atoms with van der Waals surface area (Å²) in [5, 5.41) is 16.7. The van der Waals surface area contributed by atoms with Crippen LogP contribution in [0.4, 0.5) is 9.18 Å². The lowest BCUT2D eigenvalue weighted by Crippen LogP contribution is -2.46. The Kier molecular flexibility index (Phi) is 13.9. The number of amides is 3. The van der Waals surface area contributed by atoms with E-state index in [1.807, 2.05) is 6.92 Å². The fourth-order valence-electron chi connectivity index (χ4n) is 2.20. The lowest BCUT2D eigenvalue weighted by atomic mass is 10.2. The predicted octanol–water partition coefficient (Wildman–Crippen LogP) is 1.09. The normalized spacial score (nSPS) is 10.6. The summed E-state index contributed by atoms with van der Waals surface area (Å²) in [7, 11) is 0. The zero-order valence-electron chi connectivity index (χ0n) is 16.1. The van der Waals surface area contributed by atoms with Crippen molar-refractivity contribution in [2.24, 2.45) is 0 Å². The quantitative estimate of drug-likeness (QED) is 0.314. The highest BCUT2D eigenvalue weighted by Gasteiger charge is 2.18. The Morgan fingerprint density at radius 1 is 1.14 bits per heavy atom. The van der Waals surface area contributed by atoms with Gasteiger partial charge in [-0.3, -0.25) is 4.79 Å². The summed E-state index contributed by atoms with van der Waals surface area (Å²) in [5.74, 6) is -2.00. The van der Waals surface area contributed by atoms with E-state index in [0.717, 1.165) is 18.9 Å². The molecule has 0 radical (unpaired) electrons. The third-order valence-corrected chi connectivity index (χ3v) is 3.60. The number of carbonyl (C=O) groups excluding carboxylic acids is 4. The first-order valence-electron chi connectivity index (χ1n) is 9.01. The molecule has 29 heavy (non-hydrogen) atoms. The molecule has 0 aliphatic carbocycles. The van der Waals surface area contributed by atoms with Crippen molar-refractivity contribution in [3.8, 4) is 0 Å². The molecule has 11 heteroatoms. The number of hydrogen-bond donors (Lipinski definition) is 4. The molecule has 3 amide bonds. The van der Waals surface area contributed by atoms with Crippen molar-refractivity contribution < 1.29 is 33.5 Å². The Morgan fingerprint density at radius 3 is 2.28 bits per heavy atom. The van der Waals surface area contributed by atoms with Gasteiger partial charge in [-0.05, 0) is 37.8 Å². The number of carbonyl (C=O) groups is 3. The number of urea groups is 1. The lowest BCUT2D eigenvalue weighted by molar-refractivity contribution is -0.191. The third kappa shape index (κ3) is 12.6. The molecule has 0 saturated heterocycles. The Balaban J connectivity index is 0.00000245. The number of unbranched alkanes of at least 4 members (excludes halogenated alkanes) is 2. The summed E-state index contributed by atoms with van der Waals surface area (Å²) in [4.78, 5) is 54.0. The van der Waals surface area contributed by atoms with E-state index < -0.39 is 24.0 Å². The molecule has 160 valence electrons.